The lowest BCUT2D eigenvalue weighted by Gasteiger charge is -2.33. The van der Waals surface area contributed by atoms with Gasteiger partial charge in [0.1, 0.15) is 5.60 Å². The highest BCUT2D eigenvalue weighted by Crippen LogP contribution is 2.25. The number of nitrogens with one attached hydrogen (secondary N) is 2. The summed E-state index contributed by atoms with van der Waals surface area (Å²) in [7, 11) is 0. The van der Waals surface area contributed by atoms with Crippen LogP contribution >= 0.6 is 0 Å². The van der Waals surface area contributed by atoms with Crippen molar-refractivity contribution in [2.45, 2.75) is 58.6 Å². The molecular weight excluding hydrogens is 448 g/mol. The molecule has 1 unspecified atom stereocenters. The van der Waals surface area contributed by atoms with Crippen LogP contribution in [0.2, 0.25) is 0 Å². The van der Waals surface area contributed by atoms with Crippen molar-refractivity contribution in [1.29, 1.82) is 0 Å². The molecule has 2 aliphatic heterocycles. The zero-order chi connectivity index (χ0) is 25.4. The quantitative estimate of drug-likeness (QED) is 0.586. The summed E-state index contributed by atoms with van der Waals surface area (Å²) in [5.41, 5.74) is 0.495. The Balaban J connectivity index is 1.32. The smallest absolute Gasteiger partial charge is 0.407 e. The number of rotatable bonds is 8. The number of hydrogen-bond donors (Lipinski definition) is 2. The van der Waals surface area contributed by atoms with E-state index in [-0.39, 0.29) is 43.0 Å². The first-order valence-corrected chi connectivity index (χ1v) is 12.4. The second kappa shape index (κ2) is 12.0. The number of hydrogen-bond acceptors (Lipinski definition) is 5. The number of alkyl carbamates (subject to hydrolysis) is 1. The van der Waals surface area contributed by atoms with Crippen molar-refractivity contribution in [1.82, 2.24) is 20.4 Å². The molecule has 9 nitrogen and oxygen atoms in total. The summed E-state index contributed by atoms with van der Waals surface area (Å²) in [6.07, 6.45) is 1.56. The number of likely N-dealkylation sites (tertiary alicyclic amines) is 2. The summed E-state index contributed by atoms with van der Waals surface area (Å²) in [5, 5.41) is 5.50. The fraction of sp³-hybridized carbons (Fsp3) is 0.615. The predicted molar refractivity (Wildman–Crippen MR) is 131 cm³/mol. The average Bonchev–Trinajstić information content (AvgIpc) is 3.17. The molecule has 192 valence electrons. The maximum Gasteiger partial charge on any atom is 0.407 e. The molecule has 1 aromatic rings. The van der Waals surface area contributed by atoms with Crippen LogP contribution in [0, 0.1) is 11.8 Å². The summed E-state index contributed by atoms with van der Waals surface area (Å²) in [5.74, 6) is -0.000318. The molecule has 4 amide bonds. The Bertz CT molecular complexity index is 891. The van der Waals surface area contributed by atoms with Crippen molar-refractivity contribution in [3.8, 4) is 0 Å². The number of carbonyl (C=O) groups is 4. The van der Waals surface area contributed by atoms with Crippen LogP contribution in [0.1, 0.15) is 52.0 Å². The van der Waals surface area contributed by atoms with Gasteiger partial charge in [0.05, 0.1) is 5.92 Å². The van der Waals surface area contributed by atoms with E-state index in [1.807, 2.05) is 35.2 Å². The highest BCUT2D eigenvalue weighted by atomic mass is 16.6. The van der Waals surface area contributed by atoms with E-state index in [0.29, 0.717) is 38.6 Å². The van der Waals surface area contributed by atoms with E-state index in [4.69, 9.17) is 4.74 Å². The second-order valence-corrected chi connectivity index (χ2v) is 10.4. The van der Waals surface area contributed by atoms with Crippen LogP contribution in [0.25, 0.3) is 0 Å². The lowest BCUT2D eigenvalue weighted by Crippen LogP contribution is -2.44. The lowest BCUT2D eigenvalue weighted by atomic mass is 9.95. The third-order valence-corrected chi connectivity index (χ3v) is 6.31. The summed E-state index contributed by atoms with van der Waals surface area (Å²) in [4.78, 5) is 52.8. The molecule has 2 N–H and O–H groups in total. The minimum Gasteiger partial charge on any atom is -0.444 e. The predicted octanol–water partition coefficient (Wildman–Crippen LogP) is 2.30. The van der Waals surface area contributed by atoms with Gasteiger partial charge in [-0.25, -0.2) is 4.79 Å². The van der Waals surface area contributed by atoms with E-state index in [9.17, 15) is 19.2 Å². The highest BCUT2D eigenvalue weighted by Gasteiger charge is 2.37. The summed E-state index contributed by atoms with van der Waals surface area (Å²) in [6.45, 7) is 8.42. The van der Waals surface area contributed by atoms with Gasteiger partial charge in [-0.3, -0.25) is 14.4 Å². The van der Waals surface area contributed by atoms with Gasteiger partial charge in [-0.2, -0.15) is 0 Å². The molecule has 3 rings (SSSR count). The Kier molecular flexibility index (Phi) is 9.12. The summed E-state index contributed by atoms with van der Waals surface area (Å²) in [6, 6.07) is 9.83. The lowest BCUT2D eigenvalue weighted by molar-refractivity contribution is -0.137. The molecule has 2 aliphatic rings. The first-order valence-electron chi connectivity index (χ1n) is 12.4. The molecule has 0 aliphatic carbocycles. The van der Waals surface area contributed by atoms with Crippen molar-refractivity contribution >= 4 is 23.8 Å². The van der Waals surface area contributed by atoms with E-state index in [0.717, 1.165) is 18.4 Å². The highest BCUT2D eigenvalue weighted by molar-refractivity contribution is 5.89. The summed E-state index contributed by atoms with van der Waals surface area (Å²) >= 11 is 0. The maximum atomic E-state index is 13.0. The fourth-order valence-corrected chi connectivity index (χ4v) is 4.45. The van der Waals surface area contributed by atoms with E-state index in [1.165, 1.54) is 0 Å². The first-order chi connectivity index (χ1) is 16.6. The van der Waals surface area contributed by atoms with Crippen molar-refractivity contribution < 1.29 is 23.9 Å². The van der Waals surface area contributed by atoms with Crippen molar-refractivity contribution in [2.75, 3.05) is 32.7 Å². The molecule has 1 atom stereocenters. The zero-order valence-electron chi connectivity index (χ0n) is 21.0. The van der Waals surface area contributed by atoms with Gasteiger partial charge in [0.2, 0.25) is 17.7 Å². The molecular formula is C26H38N4O5. The molecule has 0 aromatic heterocycles. The minimum atomic E-state index is -0.572. The Morgan fingerprint density at radius 3 is 2.40 bits per heavy atom. The monoisotopic (exact) mass is 486 g/mol. The van der Waals surface area contributed by atoms with Crippen LogP contribution in [0.3, 0.4) is 0 Å². The van der Waals surface area contributed by atoms with E-state index < -0.39 is 11.7 Å². The Hall–Kier alpha value is -3.10. The largest absolute Gasteiger partial charge is 0.444 e. The van der Waals surface area contributed by atoms with Crippen LogP contribution < -0.4 is 10.6 Å². The SMILES string of the molecule is CC(C)(C)OC(=O)NCCC(=O)NCC1CCN(C(=O)C2CC(=O)N(Cc3ccccc3)C2)CC1. The van der Waals surface area contributed by atoms with Crippen LogP contribution in [-0.4, -0.2) is 71.9 Å². The molecule has 0 bridgehead atoms. The molecule has 9 heteroatoms. The second-order valence-electron chi connectivity index (χ2n) is 10.4. The van der Waals surface area contributed by atoms with Gasteiger partial charge >= 0.3 is 6.09 Å². The van der Waals surface area contributed by atoms with Gasteiger partial charge < -0.3 is 25.2 Å². The third kappa shape index (κ3) is 8.56. The van der Waals surface area contributed by atoms with E-state index >= 15 is 0 Å². The number of ether oxygens (including phenoxy) is 1. The number of nitrogens with zero attached hydrogens (tertiary/aromatic N) is 2. The van der Waals surface area contributed by atoms with Gasteiger partial charge in [-0.1, -0.05) is 30.3 Å². The van der Waals surface area contributed by atoms with Crippen molar-refractivity contribution in [3.05, 3.63) is 35.9 Å². The molecule has 2 saturated heterocycles. The molecule has 2 fully saturated rings. The zero-order valence-corrected chi connectivity index (χ0v) is 21.0. The Morgan fingerprint density at radius 2 is 1.74 bits per heavy atom. The van der Waals surface area contributed by atoms with Crippen molar-refractivity contribution in [3.63, 3.8) is 0 Å². The average molecular weight is 487 g/mol. The van der Waals surface area contributed by atoms with Crippen molar-refractivity contribution in [2.24, 2.45) is 11.8 Å². The first kappa shape index (κ1) is 26.5. The molecule has 0 saturated carbocycles. The van der Waals surface area contributed by atoms with E-state index in [2.05, 4.69) is 10.6 Å². The normalized spacial score (nSPS) is 18.9. The number of amides is 4. The van der Waals surface area contributed by atoms with Gasteiger partial charge in [-0.15, -0.1) is 0 Å². The van der Waals surface area contributed by atoms with Gasteiger partial charge in [-0.05, 0) is 45.1 Å². The van der Waals surface area contributed by atoms with Crippen LogP contribution in [-0.2, 0) is 25.7 Å². The van der Waals surface area contributed by atoms with E-state index in [1.54, 1.807) is 25.7 Å². The van der Waals surface area contributed by atoms with Crippen LogP contribution in [0.15, 0.2) is 30.3 Å². The molecule has 0 radical (unpaired) electrons. The maximum absolute atomic E-state index is 13.0. The standard InChI is InChI=1S/C26H38N4O5/c1-26(2,3)35-25(34)27-12-9-22(31)28-16-19-10-13-29(14-11-19)24(33)21-15-23(32)30(18-21)17-20-7-5-4-6-8-20/h4-8,19,21H,9-18H2,1-3H3,(H,27,34)(H,28,31). The molecule has 2 heterocycles. The molecule has 1 aromatic carbocycles. The summed E-state index contributed by atoms with van der Waals surface area (Å²) < 4.78 is 5.14. The number of benzene rings is 1. The third-order valence-electron chi connectivity index (χ3n) is 6.31. The number of piperidine rings is 1. The Labute approximate surface area is 207 Å². The van der Waals surface area contributed by atoms with Crippen LogP contribution in [0.4, 0.5) is 4.79 Å². The van der Waals surface area contributed by atoms with Crippen LogP contribution in [0.5, 0.6) is 0 Å². The van der Waals surface area contributed by atoms with Gasteiger partial charge in [0.15, 0.2) is 0 Å². The molecule has 0 spiro atoms. The topological polar surface area (TPSA) is 108 Å². The van der Waals surface area contributed by atoms with Gasteiger partial charge in [0.25, 0.3) is 0 Å². The minimum absolute atomic E-state index is 0.0333. The van der Waals surface area contributed by atoms with Gasteiger partial charge in [0, 0.05) is 52.1 Å². The molecule has 35 heavy (non-hydrogen) atoms. The number of carbonyl (C=O) groups excluding carboxylic acids is 4. The Morgan fingerprint density at radius 1 is 1.06 bits per heavy atom. The fourth-order valence-electron chi connectivity index (χ4n) is 4.45.